The molecule has 2 aliphatic heterocycles. The number of piperidine rings is 1. The largest absolute Gasteiger partial charge is 0.357 e. The molecule has 0 amide bonds. The zero-order valence-electron chi connectivity index (χ0n) is 16.4. The predicted octanol–water partition coefficient (Wildman–Crippen LogP) is 5.04. The second-order valence-corrected chi connectivity index (χ2v) is 8.78. The van der Waals surface area contributed by atoms with Crippen molar-refractivity contribution in [2.24, 2.45) is 0 Å². The van der Waals surface area contributed by atoms with Crippen LogP contribution in [0.4, 0.5) is 8.78 Å². The van der Waals surface area contributed by atoms with Crippen molar-refractivity contribution in [1.82, 2.24) is 15.2 Å². The van der Waals surface area contributed by atoms with Crippen molar-refractivity contribution in [2.45, 2.75) is 38.3 Å². The van der Waals surface area contributed by atoms with Crippen molar-refractivity contribution in [3.05, 3.63) is 69.4 Å². The standard InChI is InChI=1S/C23H24ClF2N3/c1-14-2-5-19-17(12-14)16-6-9-27-23(22(16)28-19)7-10-29(11-8-23)13-15-3-4-18(25)20(24)21(15)26/h2-5,12,27-28H,6-11,13H2,1H3. The van der Waals surface area contributed by atoms with Crippen LogP contribution in [-0.4, -0.2) is 29.5 Å². The van der Waals surface area contributed by atoms with Gasteiger partial charge in [0.15, 0.2) is 0 Å². The maximum atomic E-state index is 14.3. The molecule has 1 saturated heterocycles. The number of aryl methyl sites for hydroxylation is 1. The van der Waals surface area contributed by atoms with Gasteiger partial charge < -0.3 is 10.3 Å². The van der Waals surface area contributed by atoms with Gasteiger partial charge in [0.1, 0.15) is 16.7 Å². The highest BCUT2D eigenvalue weighted by Crippen LogP contribution is 2.40. The Kier molecular flexibility index (Phi) is 4.65. The number of hydrogen-bond acceptors (Lipinski definition) is 2. The molecule has 0 aliphatic carbocycles. The number of nitrogens with zero attached hydrogens (tertiary/aromatic N) is 1. The molecule has 1 fully saturated rings. The fraction of sp³-hybridized carbons (Fsp3) is 0.391. The SMILES string of the molecule is Cc1ccc2[nH]c3c(c2c1)CCNC31CCN(Cc2ccc(F)c(Cl)c2F)CC1. The lowest BCUT2D eigenvalue weighted by Gasteiger charge is -2.45. The van der Waals surface area contributed by atoms with E-state index in [1.165, 1.54) is 39.9 Å². The number of hydrogen-bond donors (Lipinski definition) is 2. The van der Waals surface area contributed by atoms with Gasteiger partial charge in [-0.15, -0.1) is 0 Å². The average Bonchev–Trinajstić information content (AvgIpc) is 3.10. The summed E-state index contributed by atoms with van der Waals surface area (Å²) in [7, 11) is 0. The molecule has 0 saturated carbocycles. The highest BCUT2D eigenvalue weighted by atomic mass is 35.5. The first-order chi connectivity index (χ1) is 14.0. The number of likely N-dealkylation sites (tertiary alicyclic amines) is 1. The van der Waals surface area contributed by atoms with E-state index >= 15 is 0 Å². The molecule has 3 nitrogen and oxygen atoms in total. The van der Waals surface area contributed by atoms with Gasteiger partial charge in [0.2, 0.25) is 0 Å². The van der Waals surface area contributed by atoms with Crippen LogP contribution in [0.15, 0.2) is 30.3 Å². The molecule has 0 unspecified atom stereocenters. The number of fused-ring (bicyclic) bond motifs is 4. The van der Waals surface area contributed by atoms with E-state index in [-0.39, 0.29) is 5.54 Å². The predicted molar refractivity (Wildman–Crippen MR) is 112 cm³/mol. The zero-order chi connectivity index (χ0) is 20.2. The topological polar surface area (TPSA) is 31.1 Å². The number of aromatic amines is 1. The summed E-state index contributed by atoms with van der Waals surface area (Å²) < 4.78 is 27.7. The Bertz CT molecular complexity index is 1080. The summed E-state index contributed by atoms with van der Waals surface area (Å²) in [5, 5.41) is 4.70. The normalized spacial score (nSPS) is 19.0. The third-order valence-electron chi connectivity index (χ3n) is 6.60. The summed E-state index contributed by atoms with van der Waals surface area (Å²) in [4.78, 5) is 5.91. The fourth-order valence-corrected chi connectivity index (χ4v) is 5.18. The van der Waals surface area contributed by atoms with Crippen molar-refractivity contribution in [1.29, 1.82) is 0 Å². The molecule has 0 atom stereocenters. The van der Waals surface area contributed by atoms with Gasteiger partial charge in [-0.25, -0.2) is 8.78 Å². The van der Waals surface area contributed by atoms with Crippen molar-refractivity contribution in [2.75, 3.05) is 19.6 Å². The highest BCUT2D eigenvalue weighted by Gasteiger charge is 2.41. The lowest BCUT2D eigenvalue weighted by atomic mass is 9.79. The third-order valence-corrected chi connectivity index (χ3v) is 6.94. The minimum absolute atomic E-state index is 0.0595. The van der Waals surface area contributed by atoms with Crippen LogP contribution >= 0.6 is 11.6 Å². The number of H-pyrrole nitrogens is 1. The molecule has 2 aliphatic rings. The van der Waals surface area contributed by atoms with Crippen molar-refractivity contribution >= 4 is 22.5 Å². The van der Waals surface area contributed by atoms with Gasteiger partial charge in [0.25, 0.3) is 0 Å². The Hall–Kier alpha value is -1.95. The summed E-state index contributed by atoms with van der Waals surface area (Å²) in [6.07, 6.45) is 2.92. The second-order valence-electron chi connectivity index (χ2n) is 8.40. The molecule has 2 N–H and O–H groups in total. The number of aromatic nitrogens is 1. The van der Waals surface area contributed by atoms with Gasteiger partial charge >= 0.3 is 0 Å². The van der Waals surface area contributed by atoms with Crippen LogP contribution in [0, 0.1) is 18.6 Å². The monoisotopic (exact) mass is 415 g/mol. The summed E-state index contributed by atoms with van der Waals surface area (Å²) >= 11 is 5.74. The van der Waals surface area contributed by atoms with Crippen LogP contribution in [-0.2, 0) is 18.5 Å². The molecule has 5 rings (SSSR count). The maximum absolute atomic E-state index is 14.3. The van der Waals surface area contributed by atoms with Crippen LogP contribution in [0.5, 0.6) is 0 Å². The molecular formula is C23H24ClF2N3. The van der Waals surface area contributed by atoms with E-state index in [0.29, 0.717) is 12.1 Å². The van der Waals surface area contributed by atoms with Crippen molar-refractivity contribution in [3.8, 4) is 0 Å². The molecular weight excluding hydrogens is 392 g/mol. The van der Waals surface area contributed by atoms with E-state index < -0.39 is 16.7 Å². The van der Waals surface area contributed by atoms with Crippen molar-refractivity contribution in [3.63, 3.8) is 0 Å². The smallest absolute Gasteiger partial charge is 0.149 e. The highest BCUT2D eigenvalue weighted by molar-refractivity contribution is 6.30. The quantitative estimate of drug-likeness (QED) is 0.574. The van der Waals surface area contributed by atoms with Crippen LogP contribution in [0.1, 0.15) is 35.2 Å². The van der Waals surface area contributed by atoms with Gasteiger partial charge in [-0.1, -0.05) is 29.3 Å². The van der Waals surface area contributed by atoms with Crippen LogP contribution in [0.2, 0.25) is 5.02 Å². The van der Waals surface area contributed by atoms with Crippen molar-refractivity contribution < 1.29 is 8.78 Å². The fourth-order valence-electron chi connectivity index (χ4n) is 4.99. The molecule has 0 radical (unpaired) electrons. The Morgan fingerprint density at radius 1 is 1.14 bits per heavy atom. The lowest BCUT2D eigenvalue weighted by Crippen LogP contribution is -2.54. The first kappa shape index (κ1) is 19.0. The molecule has 3 heterocycles. The molecule has 0 bridgehead atoms. The molecule has 1 spiro atoms. The summed E-state index contributed by atoms with van der Waals surface area (Å²) in [6, 6.07) is 9.34. The van der Waals surface area contributed by atoms with E-state index in [0.717, 1.165) is 38.9 Å². The molecule has 3 aromatic rings. The van der Waals surface area contributed by atoms with Gasteiger partial charge in [0.05, 0.1) is 5.54 Å². The van der Waals surface area contributed by atoms with Gasteiger partial charge in [-0.2, -0.15) is 0 Å². The second kappa shape index (κ2) is 7.08. The Morgan fingerprint density at radius 3 is 2.72 bits per heavy atom. The minimum Gasteiger partial charge on any atom is -0.357 e. The molecule has 29 heavy (non-hydrogen) atoms. The van der Waals surface area contributed by atoms with E-state index in [1.54, 1.807) is 0 Å². The van der Waals surface area contributed by atoms with E-state index in [9.17, 15) is 8.78 Å². The molecule has 2 aromatic carbocycles. The Balaban J connectivity index is 1.38. The first-order valence-corrected chi connectivity index (χ1v) is 10.6. The third kappa shape index (κ3) is 3.16. The number of halogens is 3. The number of nitrogens with one attached hydrogen (secondary N) is 2. The molecule has 6 heteroatoms. The van der Waals surface area contributed by atoms with Crippen LogP contribution in [0.3, 0.4) is 0 Å². The number of rotatable bonds is 2. The van der Waals surface area contributed by atoms with Gasteiger partial charge in [-0.3, -0.25) is 4.90 Å². The van der Waals surface area contributed by atoms with E-state index in [2.05, 4.69) is 40.3 Å². The van der Waals surface area contributed by atoms with E-state index in [4.69, 9.17) is 11.6 Å². The number of benzene rings is 2. The first-order valence-electron chi connectivity index (χ1n) is 10.2. The zero-order valence-corrected chi connectivity index (χ0v) is 17.2. The Morgan fingerprint density at radius 2 is 1.93 bits per heavy atom. The van der Waals surface area contributed by atoms with E-state index in [1.807, 2.05) is 0 Å². The van der Waals surface area contributed by atoms with Gasteiger partial charge in [-0.05, 0) is 49.9 Å². The van der Waals surface area contributed by atoms with Gasteiger partial charge in [0, 0.05) is 48.3 Å². The van der Waals surface area contributed by atoms with Crippen LogP contribution in [0.25, 0.3) is 10.9 Å². The Labute approximate surface area is 174 Å². The maximum Gasteiger partial charge on any atom is 0.149 e. The summed E-state index contributed by atoms with van der Waals surface area (Å²) in [6.45, 7) is 5.23. The minimum atomic E-state index is -0.710. The van der Waals surface area contributed by atoms with Crippen LogP contribution < -0.4 is 5.32 Å². The lowest BCUT2D eigenvalue weighted by molar-refractivity contribution is 0.120. The molecule has 1 aromatic heterocycles. The molecule has 152 valence electrons. The summed E-state index contributed by atoms with van der Waals surface area (Å²) in [5.74, 6) is -1.35. The average molecular weight is 416 g/mol. The summed E-state index contributed by atoms with van der Waals surface area (Å²) in [5.41, 5.74) is 5.63.